The van der Waals surface area contributed by atoms with E-state index in [1.807, 2.05) is 66.7 Å². The van der Waals surface area contributed by atoms with Crippen molar-refractivity contribution >= 4 is 87.2 Å². The summed E-state index contributed by atoms with van der Waals surface area (Å²) in [5.74, 6) is 1.74. The van der Waals surface area contributed by atoms with Gasteiger partial charge in [0.2, 0.25) is 0 Å². The number of para-hydroxylation sites is 3. The average molecular weight is 875 g/mol. The topological polar surface area (TPSA) is 69.9 Å². The minimum absolute atomic E-state index is 0.568. The first-order valence-corrected chi connectivity index (χ1v) is 23.3. The summed E-state index contributed by atoms with van der Waals surface area (Å²) in [6, 6.07) is 72.2. The van der Waals surface area contributed by atoms with Crippen molar-refractivity contribution in [3.05, 3.63) is 206 Å². The van der Waals surface area contributed by atoms with Crippen LogP contribution in [0.2, 0.25) is 0 Å². The Kier molecular flexibility index (Phi) is 9.25. The highest BCUT2D eigenvalue weighted by Gasteiger charge is 2.24. The number of hydrogen-bond acceptors (Lipinski definition) is 5. The minimum Gasteiger partial charge on any atom is -0.456 e. The van der Waals surface area contributed by atoms with Crippen LogP contribution in [0.25, 0.3) is 138 Å². The van der Waals surface area contributed by atoms with Crippen LogP contribution in [0.4, 0.5) is 0 Å². The zero-order valence-corrected chi connectivity index (χ0v) is 37.4. The van der Waals surface area contributed by atoms with E-state index in [1.54, 1.807) is 0 Å². The van der Waals surface area contributed by atoms with Gasteiger partial charge in [-0.2, -0.15) is 0 Å². The second-order valence-corrected chi connectivity index (χ2v) is 17.4. The van der Waals surface area contributed by atoms with Gasteiger partial charge in [-0.25, -0.2) is 15.0 Å². The zero-order valence-electron chi connectivity index (χ0n) is 37.4. The number of benzene rings is 10. The van der Waals surface area contributed by atoms with Crippen molar-refractivity contribution in [3.8, 4) is 51.0 Å². The van der Waals surface area contributed by atoms with Crippen LogP contribution in [-0.2, 0) is 0 Å². The van der Waals surface area contributed by atoms with Crippen LogP contribution in [0.15, 0.2) is 215 Å². The molecule has 322 valence electrons. The van der Waals surface area contributed by atoms with E-state index in [0.717, 1.165) is 88.4 Å². The van der Waals surface area contributed by atoms with Gasteiger partial charge in [0, 0.05) is 65.6 Å². The van der Waals surface area contributed by atoms with E-state index >= 15 is 0 Å². The standard InChI is InChI=1S/C59H34N4O2.C3H8/c1-2-15-35(16-3-1)57-60-58(62-59(61-57)37-31-32-42-41-21-8-10-28-49(41)65-52(42)34-37)36-17-12-18-38(33-36)63-55-46(44-25-14-30-51-53(44)47-24-9-11-29-50(47)64-51)26-13-27-48(55)54-43-22-6-4-19-39(43)40-20-5-7-23-45(40)56(54)63;1-3-2/h1-34H;3H2,1-2H3. The summed E-state index contributed by atoms with van der Waals surface area (Å²) in [5, 5.41) is 11.5. The van der Waals surface area contributed by atoms with Gasteiger partial charge in [0.15, 0.2) is 17.5 Å². The smallest absolute Gasteiger partial charge is 0.164 e. The lowest BCUT2D eigenvalue weighted by molar-refractivity contribution is 0.668. The van der Waals surface area contributed by atoms with Crippen molar-refractivity contribution in [2.45, 2.75) is 20.3 Å². The third-order valence-corrected chi connectivity index (χ3v) is 13.0. The number of furan rings is 2. The molecule has 0 aliphatic carbocycles. The molecule has 10 aromatic carbocycles. The van der Waals surface area contributed by atoms with Crippen LogP contribution in [0.5, 0.6) is 0 Å². The lowest BCUT2D eigenvalue weighted by Gasteiger charge is -2.15. The molecule has 0 aliphatic rings. The number of rotatable bonds is 5. The van der Waals surface area contributed by atoms with E-state index in [4.69, 9.17) is 23.8 Å². The van der Waals surface area contributed by atoms with Gasteiger partial charge in [-0.05, 0) is 64.2 Å². The van der Waals surface area contributed by atoms with Crippen molar-refractivity contribution in [2.75, 3.05) is 0 Å². The minimum atomic E-state index is 0.568. The van der Waals surface area contributed by atoms with Gasteiger partial charge in [-0.3, -0.25) is 0 Å². The summed E-state index contributed by atoms with van der Waals surface area (Å²) in [6.45, 7) is 4.25. The molecule has 0 N–H and O–H groups in total. The maximum absolute atomic E-state index is 6.47. The molecule has 68 heavy (non-hydrogen) atoms. The van der Waals surface area contributed by atoms with Crippen molar-refractivity contribution < 1.29 is 8.83 Å². The Morgan fingerprint density at radius 2 is 0.838 bits per heavy atom. The fourth-order valence-electron chi connectivity index (χ4n) is 10.2. The van der Waals surface area contributed by atoms with Crippen molar-refractivity contribution in [3.63, 3.8) is 0 Å². The first-order chi connectivity index (χ1) is 33.6. The molecule has 14 rings (SSSR count). The summed E-state index contributed by atoms with van der Waals surface area (Å²) < 4.78 is 15.3. The molecule has 0 amide bonds. The van der Waals surface area contributed by atoms with Crippen LogP contribution >= 0.6 is 0 Å². The van der Waals surface area contributed by atoms with E-state index in [-0.39, 0.29) is 0 Å². The molecule has 0 radical (unpaired) electrons. The van der Waals surface area contributed by atoms with Gasteiger partial charge in [0.1, 0.15) is 22.3 Å². The number of fused-ring (bicyclic) bond motifs is 14. The molecule has 4 aromatic heterocycles. The van der Waals surface area contributed by atoms with Crippen LogP contribution in [0.3, 0.4) is 0 Å². The summed E-state index contributed by atoms with van der Waals surface area (Å²) >= 11 is 0. The Bertz CT molecular complexity index is 4270. The van der Waals surface area contributed by atoms with Crippen molar-refractivity contribution in [1.29, 1.82) is 0 Å². The number of hydrogen-bond donors (Lipinski definition) is 0. The highest BCUT2D eigenvalue weighted by atomic mass is 16.3. The molecule has 4 heterocycles. The van der Waals surface area contributed by atoms with E-state index < -0.39 is 0 Å². The van der Waals surface area contributed by atoms with E-state index in [2.05, 4.69) is 158 Å². The van der Waals surface area contributed by atoms with Crippen LogP contribution in [-0.4, -0.2) is 19.5 Å². The highest BCUT2D eigenvalue weighted by Crippen LogP contribution is 2.47. The third kappa shape index (κ3) is 6.22. The fourth-order valence-corrected chi connectivity index (χ4v) is 10.2. The molecule has 0 aliphatic heterocycles. The molecule has 0 fully saturated rings. The van der Waals surface area contributed by atoms with Crippen molar-refractivity contribution in [1.82, 2.24) is 19.5 Å². The Hall–Kier alpha value is -8.87. The monoisotopic (exact) mass is 874 g/mol. The Balaban J connectivity index is 0.00000149. The predicted molar refractivity (Wildman–Crippen MR) is 281 cm³/mol. The molecule has 0 bridgehead atoms. The first-order valence-electron chi connectivity index (χ1n) is 23.3. The number of nitrogens with zero attached hydrogens (tertiary/aromatic N) is 4. The molecular formula is C62H42N4O2. The fraction of sp³-hybridized carbons (Fsp3) is 0.0484. The predicted octanol–water partition coefficient (Wildman–Crippen LogP) is 17.2. The Labute approximate surface area is 391 Å². The van der Waals surface area contributed by atoms with Gasteiger partial charge in [0.25, 0.3) is 0 Å². The van der Waals surface area contributed by atoms with E-state index in [9.17, 15) is 0 Å². The second-order valence-electron chi connectivity index (χ2n) is 17.4. The first kappa shape index (κ1) is 39.5. The van der Waals surface area contributed by atoms with Gasteiger partial charge < -0.3 is 13.4 Å². The molecule has 0 unspecified atom stereocenters. The summed E-state index contributed by atoms with van der Waals surface area (Å²) in [4.78, 5) is 15.5. The molecule has 0 saturated heterocycles. The van der Waals surface area contributed by atoms with Crippen LogP contribution < -0.4 is 0 Å². The second kappa shape index (κ2) is 15.9. The third-order valence-electron chi connectivity index (χ3n) is 13.0. The van der Waals surface area contributed by atoms with E-state index in [0.29, 0.717) is 17.5 Å². The molecule has 0 atom stereocenters. The average Bonchev–Trinajstić information content (AvgIpc) is 4.09. The number of aromatic nitrogens is 4. The Morgan fingerprint density at radius 1 is 0.338 bits per heavy atom. The van der Waals surface area contributed by atoms with Gasteiger partial charge in [-0.15, -0.1) is 0 Å². The molecule has 14 aromatic rings. The zero-order chi connectivity index (χ0) is 45.3. The molecule has 6 heteroatoms. The van der Waals surface area contributed by atoms with Gasteiger partial charge >= 0.3 is 0 Å². The normalized spacial score (nSPS) is 11.7. The highest BCUT2D eigenvalue weighted by molar-refractivity contribution is 6.33. The summed E-state index contributed by atoms with van der Waals surface area (Å²) in [5.41, 5.74) is 11.5. The summed E-state index contributed by atoms with van der Waals surface area (Å²) in [7, 11) is 0. The van der Waals surface area contributed by atoms with Crippen LogP contribution in [0, 0.1) is 0 Å². The largest absolute Gasteiger partial charge is 0.456 e. The van der Waals surface area contributed by atoms with Crippen molar-refractivity contribution in [2.24, 2.45) is 0 Å². The van der Waals surface area contributed by atoms with Gasteiger partial charge in [0.05, 0.1) is 11.0 Å². The molecule has 0 spiro atoms. The molecular weight excluding hydrogens is 833 g/mol. The summed E-state index contributed by atoms with van der Waals surface area (Å²) in [6.07, 6.45) is 1.25. The SMILES string of the molecule is CCC.c1ccc(-c2nc(-c3cccc(-n4c5c(-c6cccc7oc8ccccc8c67)cccc5c5c6ccccc6c6ccccc6c54)c3)nc(-c3ccc4c(c3)oc3ccccc34)n2)cc1. The quantitative estimate of drug-likeness (QED) is 0.161. The maximum Gasteiger partial charge on any atom is 0.164 e. The Morgan fingerprint density at radius 3 is 1.60 bits per heavy atom. The van der Waals surface area contributed by atoms with Crippen LogP contribution in [0.1, 0.15) is 20.3 Å². The lowest BCUT2D eigenvalue weighted by Crippen LogP contribution is -2.01. The molecule has 0 saturated carbocycles. The van der Waals surface area contributed by atoms with Gasteiger partial charge in [-0.1, -0.05) is 184 Å². The van der Waals surface area contributed by atoms with E-state index in [1.165, 1.54) is 38.7 Å². The molecule has 6 nitrogen and oxygen atoms in total. The maximum atomic E-state index is 6.47. The lowest BCUT2D eigenvalue weighted by atomic mass is 9.95.